The fourth-order valence-electron chi connectivity index (χ4n) is 1.94. The van der Waals surface area contributed by atoms with Crippen molar-refractivity contribution in [3.8, 4) is 0 Å². The minimum Gasteiger partial charge on any atom is -0.481 e. The molecule has 0 radical (unpaired) electrons. The second-order valence-corrected chi connectivity index (χ2v) is 4.45. The van der Waals surface area contributed by atoms with Crippen LogP contribution in [0.2, 0.25) is 0 Å². The van der Waals surface area contributed by atoms with E-state index in [1.807, 2.05) is 13.8 Å². The minimum atomic E-state index is -0.927. The Morgan fingerprint density at radius 2 is 2.17 bits per heavy atom. The first-order valence-electron chi connectivity index (χ1n) is 5.96. The molecule has 1 heterocycles. The molecule has 2 N–H and O–H groups in total. The van der Waals surface area contributed by atoms with Gasteiger partial charge in [0.05, 0.1) is 19.3 Å². The molecule has 0 saturated carbocycles. The number of hydrogen-bond donors (Lipinski definition) is 2. The number of ether oxygens (including phenoxy) is 1. The summed E-state index contributed by atoms with van der Waals surface area (Å²) in [5, 5.41) is 11.8. The van der Waals surface area contributed by atoms with Crippen molar-refractivity contribution in [2.45, 2.75) is 19.9 Å². The van der Waals surface area contributed by atoms with Crippen molar-refractivity contribution in [1.29, 1.82) is 0 Å². The van der Waals surface area contributed by atoms with Crippen LogP contribution < -0.4 is 5.32 Å². The number of likely N-dealkylation sites (N-methyl/N-ethyl adjacent to an activating group) is 1. The van der Waals surface area contributed by atoms with E-state index in [0.717, 1.165) is 5.57 Å². The second-order valence-electron chi connectivity index (χ2n) is 4.45. The number of carbonyl (C=O) groups is 2. The number of rotatable bonds is 5. The molecule has 0 aliphatic carbocycles. The molecule has 0 spiro atoms. The van der Waals surface area contributed by atoms with Gasteiger partial charge in [-0.15, -0.1) is 0 Å². The molecule has 18 heavy (non-hydrogen) atoms. The number of nitrogens with zero attached hydrogens (tertiary/aromatic N) is 1. The predicted octanol–water partition coefficient (Wildman–Crippen LogP) is 0.694. The van der Waals surface area contributed by atoms with Gasteiger partial charge in [0.15, 0.2) is 0 Å². The molecule has 2 atom stereocenters. The Bertz CT molecular complexity index is 343. The van der Waals surface area contributed by atoms with Gasteiger partial charge in [-0.2, -0.15) is 0 Å². The topological polar surface area (TPSA) is 78.9 Å². The molecule has 1 saturated heterocycles. The van der Waals surface area contributed by atoms with Gasteiger partial charge in [-0.1, -0.05) is 12.2 Å². The van der Waals surface area contributed by atoms with Crippen molar-refractivity contribution >= 4 is 12.0 Å². The first-order valence-corrected chi connectivity index (χ1v) is 5.96. The molecule has 0 aromatic rings. The average Bonchev–Trinajstić information content (AvgIpc) is 2.76. The number of hydrogen-bond acceptors (Lipinski definition) is 3. The van der Waals surface area contributed by atoms with Gasteiger partial charge < -0.3 is 20.1 Å². The van der Waals surface area contributed by atoms with Crippen LogP contribution in [0.5, 0.6) is 0 Å². The summed E-state index contributed by atoms with van der Waals surface area (Å²) >= 11 is 0. The molecule has 0 bridgehead atoms. The first kappa shape index (κ1) is 14.5. The lowest BCUT2D eigenvalue weighted by Gasteiger charge is -2.29. The van der Waals surface area contributed by atoms with Crippen LogP contribution in [0.4, 0.5) is 4.79 Å². The number of carbonyl (C=O) groups excluding carboxylic acids is 1. The van der Waals surface area contributed by atoms with E-state index in [-0.39, 0.29) is 19.2 Å². The summed E-state index contributed by atoms with van der Waals surface area (Å²) in [4.78, 5) is 24.5. The van der Waals surface area contributed by atoms with Gasteiger partial charge in [0.1, 0.15) is 5.92 Å². The van der Waals surface area contributed by atoms with Crippen LogP contribution in [-0.4, -0.2) is 54.4 Å². The first-order chi connectivity index (χ1) is 8.47. The number of nitrogens with one attached hydrogen (secondary N) is 1. The third-order valence-electron chi connectivity index (χ3n) is 2.91. The highest BCUT2D eigenvalue weighted by atomic mass is 16.5. The molecular weight excluding hydrogens is 236 g/mol. The lowest BCUT2D eigenvalue weighted by Crippen LogP contribution is -2.50. The fraction of sp³-hybridized carbons (Fsp3) is 0.667. The maximum atomic E-state index is 12.0. The molecule has 2 unspecified atom stereocenters. The van der Waals surface area contributed by atoms with Crippen molar-refractivity contribution in [3.63, 3.8) is 0 Å². The molecule has 1 rings (SSSR count). The smallest absolute Gasteiger partial charge is 0.318 e. The van der Waals surface area contributed by atoms with Crippen molar-refractivity contribution in [2.75, 3.05) is 26.3 Å². The van der Waals surface area contributed by atoms with Crippen molar-refractivity contribution < 1.29 is 19.4 Å². The van der Waals surface area contributed by atoms with Crippen LogP contribution in [-0.2, 0) is 9.53 Å². The van der Waals surface area contributed by atoms with Crippen molar-refractivity contribution in [1.82, 2.24) is 10.2 Å². The number of urea groups is 1. The van der Waals surface area contributed by atoms with E-state index in [2.05, 4.69) is 11.9 Å². The lowest BCUT2D eigenvalue weighted by molar-refractivity contribution is -0.142. The number of carboxylic acids is 1. The van der Waals surface area contributed by atoms with E-state index in [9.17, 15) is 9.59 Å². The maximum Gasteiger partial charge on any atom is 0.318 e. The molecule has 102 valence electrons. The van der Waals surface area contributed by atoms with Gasteiger partial charge in [-0.05, 0) is 13.8 Å². The second kappa shape index (κ2) is 6.39. The van der Waals surface area contributed by atoms with Gasteiger partial charge in [0.25, 0.3) is 0 Å². The van der Waals surface area contributed by atoms with Crippen LogP contribution >= 0.6 is 0 Å². The molecular formula is C12H20N2O4. The Kier molecular flexibility index (Phi) is 5.15. The Morgan fingerprint density at radius 3 is 2.67 bits per heavy atom. The summed E-state index contributed by atoms with van der Waals surface area (Å²) in [6.45, 7) is 8.59. The van der Waals surface area contributed by atoms with Gasteiger partial charge >= 0.3 is 12.0 Å². The van der Waals surface area contributed by atoms with E-state index in [4.69, 9.17) is 9.84 Å². The number of amides is 2. The average molecular weight is 256 g/mol. The maximum absolute atomic E-state index is 12.0. The van der Waals surface area contributed by atoms with Crippen molar-refractivity contribution in [2.24, 2.45) is 5.92 Å². The Hall–Kier alpha value is -1.56. The highest BCUT2D eigenvalue weighted by molar-refractivity contribution is 5.77. The summed E-state index contributed by atoms with van der Waals surface area (Å²) < 4.78 is 5.17. The summed E-state index contributed by atoms with van der Waals surface area (Å²) in [6.07, 6.45) is 0. The van der Waals surface area contributed by atoms with Gasteiger partial charge in [-0.3, -0.25) is 4.79 Å². The molecule has 1 aliphatic heterocycles. The highest BCUT2D eigenvalue weighted by Gasteiger charge is 2.39. The standard InChI is InChI=1S/C12H20N2O4/c1-4-14(12(17)13-5-8(2)3)10-7-18-6-9(10)11(15)16/h9-10H,2,4-7H2,1,3H3,(H,13,17)(H,15,16). The largest absolute Gasteiger partial charge is 0.481 e. The third-order valence-corrected chi connectivity index (χ3v) is 2.91. The van der Waals surface area contributed by atoms with Gasteiger partial charge in [0.2, 0.25) is 0 Å². The summed E-state index contributed by atoms with van der Waals surface area (Å²) in [6, 6.07) is -0.681. The Balaban J connectivity index is 2.67. The monoisotopic (exact) mass is 256 g/mol. The molecule has 1 fully saturated rings. The zero-order valence-corrected chi connectivity index (χ0v) is 10.8. The zero-order chi connectivity index (χ0) is 13.7. The summed E-state index contributed by atoms with van der Waals surface area (Å²) in [7, 11) is 0. The molecule has 6 nitrogen and oxygen atoms in total. The van der Waals surface area contributed by atoms with Crippen LogP contribution in [0.1, 0.15) is 13.8 Å². The van der Waals surface area contributed by atoms with Crippen LogP contribution in [0, 0.1) is 5.92 Å². The third kappa shape index (κ3) is 3.46. The Labute approximate surface area is 107 Å². The molecule has 6 heteroatoms. The minimum absolute atomic E-state index is 0.157. The SMILES string of the molecule is C=C(C)CNC(=O)N(CC)C1COCC1C(=O)O. The molecule has 0 aromatic carbocycles. The van der Waals surface area contributed by atoms with Crippen LogP contribution in [0.3, 0.4) is 0 Å². The van der Waals surface area contributed by atoms with E-state index in [1.54, 1.807) is 0 Å². The van der Waals surface area contributed by atoms with E-state index in [0.29, 0.717) is 13.1 Å². The summed E-state index contributed by atoms with van der Waals surface area (Å²) in [5.74, 6) is -1.58. The molecule has 1 aliphatic rings. The highest BCUT2D eigenvalue weighted by Crippen LogP contribution is 2.20. The Morgan fingerprint density at radius 1 is 1.50 bits per heavy atom. The molecule has 2 amide bonds. The summed E-state index contributed by atoms with van der Waals surface area (Å²) in [5.41, 5.74) is 0.844. The predicted molar refractivity (Wildman–Crippen MR) is 66.3 cm³/mol. The number of aliphatic carboxylic acids is 1. The van der Waals surface area contributed by atoms with Crippen LogP contribution in [0.25, 0.3) is 0 Å². The van der Waals surface area contributed by atoms with Gasteiger partial charge in [-0.25, -0.2) is 4.79 Å². The zero-order valence-electron chi connectivity index (χ0n) is 10.8. The van der Waals surface area contributed by atoms with Crippen molar-refractivity contribution in [3.05, 3.63) is 12.2 Å². The normalized spacial score (nSPS) is 22.6. The van der Waals surface area contributed by atoms with E-state index >= 15 is 0 Å². The quantitative estimate of drug-likeness (QED) is 0.709. The van der Waals surface area contributed by atoms with E-state index < -0.39 is 17.9 Å². The van der Waals surface area contributed by atoms with Gasteiger partial charge in [0, 0.05) is 13.1 Å². The number of carboxylic acid groups (broad SMARTS) is 1. The van der Waals surface area contributed by atoms with E-state index in [1.165, 1.54) is 4.90 Å². The molecule has 0 aromatic heterocycles. The lowest BCUT2D eigenvalue weighted by atomic mass is 10.0. The van der Waals surface area contributed by atoms with Crippen LogP contribution in [0.15, 0.2) is 12.2 Å². The fourth-order valence-corrected chi connectivity index (χ4v) is 1.94.